The Bertz CT molecular complexity index is 398. The number of carbonyl (C=O) groups is 1. The molecule has 0 spiro atoms. The molecule has 0 aliphatic carbocycles. The average Bonchev–Trinajstić information content (AvgIpc) is 2.29. The first-order valence-corrected chi connectivity index (χ1v) is 5.44. The van der Waals surface area contributed by atoms with Crippen molar-refractivity contribution in [1.82, 2.24) is 10.3 Å². The average molecular weight is 237 g/mol. The van der Waals surface area contributed by atoms with E-state index in [-0.39, 0.29) is 5.91 Å². The van der Waals surface area contributed by atoms with E-state index in [0.29, 0.717) is 17.1 Å². The van der Waals surface area contributed by atoms with Crippen LogP contribution in [0.25, 0.3) is 0 Å². The van der Waals surface area contributed by atoms with Crippen LogP contribution in [0.1, 0.15) is 29.6 Å². The predicted octanol–water partition coefficient (Wildman–Crippen LogP) is 2.27. The van der Waals surface area contributed by atoms with Crippen LogP contribution in [-0.4, -0.2) is 17.4 Å². The fraction of sp³-hybridized carbons (Fsp3) is 0.333. The zero-order valence-corrected chi connectivity index (χ0v) is 9.63. The monoisotopic (exact) mass is 236 g/mol. The number of aromatic nitrogens is 1. The van der Waals surface area contributed by atoms with Crippen molar-refractivity contribution < 1.29 is 4.79 Å². The quantitative estimate of drug-likeness (QED) is 0.630. The standard InChI is InChI=1S/C12H13ClN2O/c1-2-3-4-5-7-15-12(16)10-9-14-8-6-11(10)13/h1,6,8-9H,3-5,7H2,(H,15,16). The van der Waals surface area contributed by atoms with Crippen LogP contribution >= 0.6 is 11.6 Å². The van der Waals surface area contributed by atoms with E-state index in [2.05, 4.69) is 16.2 Å². The minimum absolute atomic E-state index is 0.196. The highest BCUT2D eigenvalue weighted by molar-refractivity contribution is 6.33. The van der Waals surface area contributed by atoms with E-state index in [1.54, 1.807) is 12.3 Å². The predicted molar refractivity (Wildman–Crippen MR) is 64.3 cm³/mol. The van der Waals surface area contributed by atoms with Gasteiger partial charge in [-0.05, 0) is 18.9 Å². The van der Waals surface area contributed by atoms with E-state index >= 15 is 0 Å². The highest BCUT2D eigenvalue weighted by Crippen LogP contribution is 2.12. The third-order valence-corrected chi connectivity index (χ3v) is 2.38. The molecule has 0 aliphatic heterocycles. The molecule has 0 aliphatic rings. The molecule has 0 atom stereocenters. The van der Waals surface area contributed by atoms with Crippen LogP contribution in [0.15, 0.2) is 18.5 Å². The second-order valence-corrected chi connectivity index (χ2v) is 3.68. The molecule has 0 bridgehead atoms. The Kier molecular flexibility index (Phi) is 5.38. The zero-order chi connectivity index (χ0) is 11.8. The second-order valence-electron chi connectivity index (χ2n) is 3.27. The molecular formula is C12H13ClN2O. The van der Waals surface area contributed by atoms with Crippen molar-refractivity contribution in [2.45, 2.75) is 19.3 Å². The van der Waals surface area contributed by atoms with E-state index in [9.17, 15) is 4.79 Å². The number of hydrogen-bond acceptors (Lipinski definition) is 2. The molecule has 0 unspecified atom stereocenters. The molecule has 84 valence electrons. The molecule has 16 heavy (non-hydrogen) atoms. The van der Waals surface area contributed by atoms with Gasteiger partial charge < -0.3 is 5.32 Å². The van der Waals surface area contributed by atoms with Crippen LogP contribution in [0.2, 0.25) is 5.02 Å². The SMILES string of the molecule is C#CCCCCNC(=O)c1cnccc1Cl. The van der Waals surface area contributed by atoms with Gasteiger partial charge in [0, 0.05) is 25.4 Å². The summed E-state index contributed by atoms with van der Waals surface area (Å²) in [6.45, 7) is 0.603. The van der Waals surface area contributed by atoms with Crippen LogP contribution in [0.5, 0.6) is 0 Å². The highest BCUT2D eigenvalue weighted by Gasteiger charge is 2.08. The van der Waals surface area contributed by atoms with Crippen molar-refractivity contribution >= 4 is 17.5 Å². The van der Waals surface area contributed by atoms with Crippen molar-refractivity contribution in [3.05, 3.63) is 29.0 Å². The van der Waals surface area contributed by atoms with Crippen molar-refractivity contribution in [2.75, 3.05) is 6.54 Å². The summed E-state index contributed by atoms with van der Waals surface area (Å²) in [7, 11) is 0. The number of rotatable bonds is 5. The largest absolute Gasteiger partial charge is 0.352 e. The molecule has 0 radical (unpaired) electrons. The van der Waals surface area contributed by atoms with Gasteiger partial charge in [-0.25, -0.2) is 0 Å². The number of terminal acetylenes is 1. The van der Waals surface area contributed by atoms with Crippen LogP contribution in [0.3, 0.4) is 0 Å². The molecule has 4 heteroatoms. The lowest BCUT2D eigenvalue weighted by molar-refractivity contribution is 0.0953. The van der Waals surface area contributed by atoms with Crippen molar-refractivity contribution in [3.8, 4) is 12.3 Å². The number of halogens is 1. The maximum atomic E-state index is 11.6. The van der Waals surface area contributed by atoms with Gasteiger partial charge in [0.25, 0.3) is 5.91 Å². The maximum absolute atomic E-state index is 11.6. The van der Waals surface area contributed by atoms with Crippen LogP contribution in [-0.2, 0) is 0 Å². The molecule has 1 amide bonds. The third-order valence-electron chi connectivity index (χ3n) is 2.05. The first-order valence-electron chi connectivity index (χ1n) is 5.07. The topological polar surface area (TPSA) is 42.0 Å². The molecule has 1 heterocycles. The summed E-state index contributed by atoms with van der Waals surface area (Å²) in [6.07, 6.45) is 10.6. The van der Waals surface area contributed by atoms with Crippen molar-refractivity contribution in [3.63, 3.8) is 0 Å². The molecular weight excluding hydrogens is 224 g/mol. The van der Waals surface area contributed by atoms with Crippen LogP contribution < -0.4 is 5.32 Å². The summed E-state index contributed by atoms with van der Waals surface area (Å²) < 4.78 is 0. The highest BCUT2D eigenvalue weighted by atomic mass is 35.5. The Labute approximate surface area is 100 Å². The van der Waals surface area contributed by atoms with E-state index in [4.69, 9.17) is 18.0 Å². The summed E-state index contributed by atoms with van der Waals surface area (Å²) >= 11 is 5.85. The van der Waals surface area contributed by atoms with Gasteiger partial charge in [-0.15, -0.1) is 12.3 Å². The lowest BCUT2D eigenvalue weighted by atomic mass is 10.2. The molecule has 0 aromatic carbocycles. The summed E-state index contributed by atoms with van der Waals surface area (Å²) in [5.41, 5.74) is 0.404. The number of pyridine rings is 1. The fourth-order valence-electron chi connectivity index (χ4n) is 1.19. The Morgan fingerprint density at radius 2 is 2.38 bits per heavy atom. The lowest BCUT2D eigenvalue weighted by Gasteiger charge is -2.05. The summed E-state index contributed by atoms with van der Waals surface area (Å²) in [4.78, 5) is 15.5. The molecule has 1 aromatic rings. The van der Waals surface area contributed by atoms with Gasteiger partial charge in [-0.3, -0.25) is 9.78 Å². The molecule has 0 saturated carbocycles. The van der Waals surface area contributed by atoms with Gasteiger partial charge in [0.2, 0.25) is 0 Å². The lowest BCUT2D eigenvalue weighted by Crippen LogP contribution is -2.24. The Morgan fingerprint density at radius 1 is 1.56 bits per heavy atom. The molecule has 3 nitrogen and oxygen atoms in total. The number of hydrogen-bond donors (Lipinski definition) is 1. The zero-order valence-electron chi connectivity index (χ0n) is 8.87. The van der Waals surface area contributed by atoms with E-state index in [1.165, 1.54) is 6.20 Å². The number of amides is 1. The third kappa shape index (κ3) is 3.92. The Morgan fingerprint density at radius 3 is 3.06 bits per heavy atom. The van der Waals surface area contributed by atoms with E-state index in [1.807, 2.05) is 0 Å². The normalized spacial score (nSPS) is 9.50. The minimum Gasteiger partial charge on any atom is -0.352 e. The van der Waals surface area contributed by atoms with Crippen molar-refractivity contribution in [1.29, 1.82) is 0 Å². The van der Waals surface area contributed by atoms with Crippen molar-refractivity contribution in [2.24, 2.45) is 0 Å². The Hall–Kier alpha value is -1.53. The fourth-order valence-corrected chi connectivity index (χ4v) is 1.38. The molecule has 0 saturated heterocycles. The number of unbranched alkanes of at least 4 members (excludes halogenated alkanes) is 2. The summed E-state index contributed by atoms with van der Waals surface area (Å²) in [5, 5.41) is 3.18. The minimum atomic E-state index is -0.196. The number of carbonyl (C=O) groups excluding carboxylic acids is 1. The van der Waals surface area contributed by atoms with Gasteiger partial charge in [-0.2, -0.15) is 0 Å². The number of nitrogens with zero attached hydrogens (tertiary/aromatic N) is 1. The first kappa shape index (κ1) is 12.5. The first-order chi connectivity index (χ1) is 7.75. The summed E-state index contributed by atoms with van der Waals surface area (Å²) in [6, 6.07) is 1.59. The van der Waals surface area contributed by atoms with Gasteiger partial charge >= 0.3 is 0 Å². The number of nitrogens with one attached hydrogen (secondary N) is 1. The molecule has 1 N–H and O–H groups in total. The van der Waals surface area contributed by atoms with E-state index in [0.717, 1.165) is 19.3 Å². The smallest absolute Gasteiger partial charge is 0.254 e. The Balaban J connectivity index is 2.36. The van der Waals surface area contributed by atoms with Gasteiger partial charge in [0.1, 0.15) is 0 Å². The molecule has 0 fully saturated rings. The second kappa shape index (κ2) is 6.86. The maximum Gasteiger partial charge on any atom is 0.254 e. The summed E-state index contributed by atoms with van der Waals surface area (Å²) in [5.74, 6) is 2.36. The van der Waals surface area contributed by atoms with Crippen LogP contribution in [0.4, 0.5) is 0 Å². The van der Waals surface area contributed by atoms with Gasteiger partial charge in [-0.1, -0.05) is 11.6 Å². The van der Waals surface area contributed by atoms with Gasteiger partial charge in [0.15, 0.2) is 0 Å². The van der Waals surface area contributed by atoms with E-state index < -0.39 is 0 Å². The molecule has 1 aromatic heterocycles. The molecule has 1 rings (SSSR count). The van der Waals surface area contributed by atoms with Crippen LogP contribution in [0, 0.1) is 12.3 Å². The van der Waals surface area contributed by atoms with Gasteiger partial charge in [0.05, 0.1) is 10.6 Å².